The number of carboxylic acids is 1. The lowest BCUT2D eigenvalue weighted by molar-refractivity contribution is -0.144. The van der Waals surface area contributed by atoms with E-state index >= 15 is 0 Å². The number of carboxylic acid groups (broad SMARTS) is 1. The minimum atomic E-state index is -0.710. The first-order valence-electron chi connectivity index (χ1n) is 6.38. The number of nitrogens with zero attached hydrogens (tertiary/aromatic N) is 1. The third kappa shape index (κ3) is 3.54. The van der Waals surface area contributed by atoms with E-state index in [1.165, 1.54) is 12.1 Å². The average molecular weight is 330 g/mol. The second kappa shape index (κ2) is 6.01. The van der Waals surface area contributed by atoms with E-state index in [2.05, 4.69) is 20.8 Å². The van der Waals surface area contributed by atoms with Crippen LogP contribution in [0.15, 0.2) is 22.7 Å². The van der Waals surface area contributed by atoms with Crippen LogP contribution in [-0.4, -0.2) is 28.6 Å². The molecule has 1 aliphatic rings. The Morgan fingerprint density at radius 1 is 1.58 bits per heavy atom. The van der Waals surface area contributed by atoms with Gasteiger partial charge in [-0.1, -0.05) is 15.9 Å². The molecule has 1 N–H and O–H groups in total. The second-order valence-corrected chi connectivity index (χ2v) is 5.97. The average Bonchev–Trinajstić information content (AvgIpc) is 2.36. The number of rotatable bonds is 3. The molecule has 0 spiro atoms. The molecular formula is C14H17BrFNO2. The number of halogens is 2. The second-order valence-electron chi connectivity index (χ2n) is 5.11. The van der Waals surface area contributed by atoms with Crippen LogP contribution in [-0.2, 0) is 11.3 Å². The highest BCUT2D eigenvalue weighted by molar-refractivity contribution is 9.10. The number of hydrogen-bond acceptors (Lipinski definition) is 2. The van der Waals surface area contributed by atoms with E-state index in [0.29, 0.717) is 19.4 Å². The van der Waals surface area contributed by atoms with Crippen LogP contribution < -0.4 is 0 Å². The van der Waals surface area contributed by atoms with Crippen LogP contribution in [0.2, 0.25) is 0 Å². The number of hydrogen-bond donors (Lipinski definition) is 1. The smallest absolute Gasteiger partial charge is 0.306 e. The summed E-state index contributed by atoms with van der Waals surface area (Å²) in [7, 11) is 0. The molecule has 3 nitrogen and oxygen atoms in total. The lowest BCUT2D eigenvalue weighted by Gasteiger charge is -2.36. The van der Waals surface area contributed by atoms with Crippen molar-refractivity contribution in [3.05, 3.63) is 34.1 Å². The largest absolute Gasteiger partial charge is 0.481 e. The van der Waals surface area contributed by atoms with Gasteiger partial charge >= 0.3 is 5.97 Å². The zero-order valence-corrected chi connectivity index (χ0v) is 12.4. The summed E-state index contributed by atoms with van der Waals surface area (Å²) >= 11 is 3.42. The van der Waals surface area contributed by atoms with Crippen LogP contribution in [0.1, 0.15) is 25.3 Å². The van der Waals surface area contributed by atoms with Gasteiger partial charge in [-0.05, 0) is 50.1 Å². The van der Waals surface area contributed by atoms with Gasteiger partial charge in [-0.2, -0.15) is 0 Å². The fourth-order valence-electron chi connectivity index (χ4n) is 2.56. The minimum absolute atomic E-state index is 0.199. The molecule has 1 aromatic carbocycles. The number of benzene rings is 1. The molecule has 0 amide bonds. The van der Waals surface area contributed by atoms with Gasteiger partial charge in [0.1, 0.15) is 5.82 Å². The Morgan fingerprint density at radius 2 is 2.32 bits per heavy atom. The van der Waals surface area contributed by atoms with Crippen molar-refractivity contribution >= 4 is 21.9 Å². The van der Waals surface area contributed by atoms with Crippen molar-refractivity contribution in [2.75, 3.05) is 6.54 Å². The first-order chi connectivity index (χ1) is 8.97. The normalized spacial score (nSPS) is 24.4. The van der Waals surface area contributed by atoms with Gasteiger partial charge in [0.15, 0.2) is 0 Å². The maximum Gasteiger partial charge on any atom is 0.306 e. The molecule has 19 heavy (non-hydrogen) atoms. The van der Waals surface area contributed by atoms with Crippen LogP contribution in [0.4, 0.5) is 4.39 Å². The summed E-state index contributed by atoms with van der Waals surface area (Å²) in [6.07, 6.45) is 1.31. The van der Waals surface area contributed by atoms with Gasteiger partial charge in [0.2, 0.25) is 0 Å². The summed E-state index contributed by atoms with van der Waals surface area (Å²) in [5.74, 6) is -1.20. The zero-order valence-electron chi connectivity index (χ0n) is 10.8. The number of likely N-dealkylation sites (tertiary alicyclic amines) is 1. The Hall–Kier alpha value is -0.940. The van der Waals surface area contributed by atoms with Crippen molar-refractivity contribution in [1.82, 2.24) is 4.90 Å². The summed E-state index contributed by atoms with van der Waals surface area (Å²) in [6.45, 7) is 3.41. The zero-order chi connectivity index (χ0) is 14.0. The van der Waals surface area contributed by atoms with Gasteiger partial charge in [0.05, 0.1) is 5.92 Å². The lowest BCUT2D eigenvalue weighted by atomic mass is 9.91. The third-order valence-electron chi connectivity index (χ3n) is 3.74. The predicted molar refractivity (Wildman–Crippen MR) is 74.3 cm³/mol. The van der Waals surface area contributed by atoms with Crippen molar-refractivity contribution < 1.29 is 14.3 Å². The van der Waals surface area contributed by atoms with E-state index in [1.807, 2.05) is 6.92 Å². The van der Waals surface area contributed by atoms with Crippen molar-refractivity contribution in [3.63, 3.8) is 0 Å². The highest BCUT2D eigenvalue weighted by atomic mass is 79.9. The maximum absolute atomic E-state index is 13.2. The SMILES string of the molecule is CC1CC(C(=O)O)CCN1Cc1cc(F)ccc1Br. The van der Waals surface area contributed by atoms with E-state index in [0.717, 1.165) is 16.6 Å². The Labute approximate surface area is 120 Å². The molecule has 0 aromatic heterocycles. The van der Waals surface area contributed by atoms with E-state index in [-0.39, 0.29) is 17.8 Å². The molecule has 0 bridgehead atoms. The van der Waals surface area contributed by atoms with Gasteiger partial charge in [-0.25, -0.2) is 4.39 Å². The molecule has 0 aliphatic carbocycles. The molecule has 2 atom stereocenters. The number of piperidine rings is 1. The Balaban J connectivity index is 2.04. The number of carbonyl (C=O) groups is 1. The Bertz CT molecular complexity index is 481. The summed E-state index contributed by atoms with van der Waals surface area (Å²) in [6, 6.07) is 4.86. The van der Waals surface area contributed by atoms with Crippen molar-refractivity contribution in [2.45, 2.75) is 32.4 Å². The molecule has 104 valence electrons. The van der Waals surface area contributed by atoms with Crippen molar-refractivity contribution in [1.29, 1.82) is 0 Å². The highest BCUT2D eigenvalue weighted by Gasteiger charge is 2.29. The topological polar surface area (TPSA) is 40.5 Å². The molecule has 1 aromatic rings. The molecule has 0 saturated carbocycles. The van der Waals surface area contributed by atoms with Crippen LogP contribution >= 0.6 is 15.9 Å². The first kappa shape index (κ1) is 14.5. The van der Waals surface area contributed by atoms with Crippen LogP contribution in [0.25, 0.3) is 0 Å². The minimum Gasteiger partial charge on any atom is -0.481 e. The monoisotopic (exact) mass is 329 g/mol. The van der Waals surface area contributed by atoms with Gasteiger partial charge < -0.3 is 5.11 Å². The summed E-state index contributed by atoms with van der Waals surface area (Å²) in [5.41, 5.74) is 0.903. The van der Waals surface area contributed by atoms with E-state index in [9.17, 15) is 9.18 Å². The molecule has 0 radical (unpaired) electrons. The van der Waals surface area contributed by atoms with E-state index in [1.54, 1.807) is 6.07 Å². The summed E-state index contributed by atoms with van der Waals surface area (Å²) < 4.78 is 14.1. The number of aliphatic carboxylic acids is 1. The van der Waals surface area contributed by atoms with Gasteiger partial charge in [-0.3, -0.25) is 9.69 Å². The van der Waals surface area contributed by atoms with Gasteiger partial charge in [0.25, 0.3) is 0 Å². The maximum atomic E-state index is 13.2. The van der Waals surface area contributed by atoms with E-state index in [4.69, 9.17) is 5.11 Å². The van der Waals surface area contributed by atoms with Crippen LogP contribution in [0.3, 0.4) is 0 Å². The molecule has 2 rings (SSSR count). The first-order valence-corrected chi connectivity index (χ1v) is 7.17. The standard InChI is InChI=1S/C14H17BrFNO2/c1-9-6-10(14(18)19)4-5-17(9)8-11-7-12(16)2-3-13(11)15/h2-3,7,9-10H,4-6,8H2,1H3,(H,18,19). The van der Waals surface area contributed by atoms with Gasteiger partial charge in [0, 0.05) is 17.1 Å². The lowest BCUT2D eigenvalue weighted by Crippen LogP contribution is -2.42. The van der Waals surface area contributed by atoms with E-state index < -0.39 is 5.97 Å². The summed E-state index contributed by atoms with van der Waals surface area (Å²) in [4.78, 5) is 13.2. The molecule has 1 aliphatic heterocycles. The molecule has 5 heteroatoms. The van der Waals surface area contributed by atoms with Gasteiger partial charge in [-0.15, -0.1) is 0 Å². The third-order valence-corrected chi connectivity index (χ3v) is 4.52. The predicted octanol–water partition coefficient (Wildman–Crippen LogP) is 3.27. The molecular weight excluding hydrogens is 313 g/mol. The van der Waals surface area contributed by atoms with Crippen LogP contribution in [0, 0.1) is 11.7 Å². The molecule has 2 unspecified atom stereocenters. The Kier molecular flexibility index (Phi) is 4.58. The Morgan fingerprint density at radius 3 is 2.95 bits per heavy atom. The fraction of sp³-hybridized carbons (Fsp3) is 0.500. The van der Waals surface area contributed by atoms with Crippen molar-refractivity contribution in [3.8, 4) is 0 Å². The molecule has 1 heterocycles. The van der Waals surface area contributed by atoms with Crippen molar-refractivity contribution in [2.24, 2.45) is 5.92 Å². The quantitative estimate of drug-likeness (QED) is 0.925. The fourth-order valence-corrected chi connectivity index (χ4v) is 2.94. The van der Waals surface area contributed by atoms with Crippen LogP contribution in [0.5, 0.6) is 0 Å². The highest BCUT2D eigenvalue weighted by Crippen LogP contribution is 2.27. The molecule has 1 fully saturated rings. The summed E-state index contributed by atoms with van der Waals surface area (Å²) in [5, 5.41) is 9.04. The molecule has 1 saturated heterocycles.